The van der Waals surface area contributed by atoms with Gasteiger partial charge in [-0.3, -0.25) is 47.9 Å². The fourth-order valence-corrected chi connectivity index (χ4v) is 8.23. The van der Waals surface area contributed by atoms with E-state index < -0.39 is 133 Å². The summed E-state index contributed by atoms with van der Waals surface area (Å²) in [5.41, 5.74) is 17.7. The first-order valence-corrected chi connectivity index (χ1v) is 23.1. The van der Waals surface area contributed by atoms with Crippen LogP contribution < -0.4 is 43.8 Å². The minimum Gasteiger partial charge on any atom is -0.508 e. The van der Waals surface area contributed by atoms with Gasteiger partial charge in [-0.2, -0.15) is 0 Å². The highest BCUT2D eigenvalue weighted by Gasteiger charge is 2.42. The molecule has 1 aromatic rings. The highest BCUT2D eigenvalue weighted by Crippen LogP contribution is 2.23. The largest absolute Gasteiger partial charge is 0.508 e. The summed E-state index contributed by atoms with van der Waals surface area (Å²) in [6.45, 7) is 7.40. The van der Waals surface area contributed by atoms with Crippen LogP contribution >= 0.6 is 0 Å². The van der Waals surface area contributed by atoms with Gasteiger partial charge in [-0.25, -0.2) is 4.79 Å². The van der Waals surface area contributed by atoms with Gasteiger partial charge in [-0.1, -0.05) is 39.8 Å². The second kappa shape index (κ2) is 26.6. The van der Waals surface area contributed by atoms with E-state index in [1.807, 2.05) is 0 Å². The molecule has 1 aromatic carbocycles. The van der Waals surface area contributed by atoms with Crippen molar-refractivity contribution < 1.29 is 68.1 Å². The number of carbonyl (C=O) groups is 11. The second-order valence-corrected chi connectivity index (χ2v) is 18.4. The maximum atomic E-state index is 14.3. The molecule has 2 aliphatic rings. The van der Waals surface area contributed by atoms with Crippen molar-refractivity contribution in [3.05, 3.63) is 29.8 Å². The first kappa shape index (κ1) is 56.5. The zero-order chi connectivity index (χ0) is 51.7. The van der Waals surface area contributed by atoms with Gasteiger partial charge in [0, 0.05) is 25.9 Å². The summed E-state index contributed by atoms with van der Waals surface area (Å²) in [5.74, 6) is -10.6. The molecule has 24 nitrogen and oxygen atoms in total. The highest BCUT2D eigenvalue weighted by atomic mass is 16.4. The van der Waals surface area contributed by atoms with E-state index in [1.165, 1.54) is 21.9 Å². The van der Waals surface area contributed by atoms with E-state index in [2.05, 4.69) is 26.6 Å². The first-order valence-electron chi connectivity index (χ1n) is 23.1. The fourth-order valence-electron chi connectivity index (χ4n) is 8.23. The minimum absolute atomic E-state index is 0.0409. The summed E-state index contributed by atoms with van der Waals surface area (Å²) < 4.78 is 0. The molecule has 0 spiro atoms. The molecule has 2 saturated heterocycles. The summed E-state index contributed by atoms with van der Waals surface area (Å²) >= 11 is 0. The molecule has 382 valence electrons. The predicted molar refractivity (Wildman–Crippen MR) is 245 cm³/mol. The number of nitrogens with zero attached hydrogens (tertiary/aromatic N) is 2. The number of carboxylic acids is 2. The lowest BCUT2D eigenvalue weighted by molar-refractivity contribution is -0.144. The number of amides is 9. The number of phenolic OH excluding ortho intramolecular Hbond substituents is 1. The van der Waals surface area contributed by atoms with Crippen LogP contribution in [0.4, 0.5) is 0 Å². The quantitative estimate of drug-likeness (QED) is 0.0448. The van der Waals surface area contributed by atoms with Crippen LogP contribution in [0.1, 0.15) is 104 Å². The third kappa shape index (κ3) is 18.0. The first-order chi connectivity index (χ1) is 32.4. The van der Waals surface area contributed by atoms with Crippen LogP contribution in [0, 0.1) is 11.8 Å². The lowest BCUT2D eigenvalue weighted by Crippen LogP contribution is -2.60. The molecule has 0 aliphatic carbocycles. The van der Waals surface area contributed by atoms with Crippen LogP contribution in [0.3, 0.4) is 0 Å². The molecule has 0 bridgehead atoms. The van der Waals surface area contributed by atoms with Crippen LogP contribution in [-0.2, 0) is 59.2 Å². The van der Waals surface area contributed by atoms with Crippen LogP contribution in [0.15, 0.2) is 24.3 Å². The molecule has 0 radical (unpaired) electrons. The van der Waals surface area contributed by atoms with Gasteiger partial charge in [0.05, 0.1) is 12.5 Å². The van der Waals surface area contributed by atoms with E-state index in [-0.39, 0.29) is 75.6 Å². The van der Waals surface area contributed by atoms with E-state index in [1.54, 1.807) is 39.8 Å². The van der Waals surface area contributed by atoms with Crippen molar-refractivity contribution >= 4 is 65.1 Å². The summed E-state index contributed by atoms with van der Waals surface area (Å²) in [6, 6.07) is -4.38. The Morgan fingerprint density at radius 1 is 0.609 bits per heavy atom. The zero-order valence-corrected chi connectivity index (χ0v) is 39.4. The average molecular weight is 973 g/mol. The van der Waals surface area contributed by atoms with Crippen LogP contribution in [0.2, 0.25) is 0 Å². The van der Waals surface area contributed by atoms with E-state index in [0.29, 0.717) is 18.4 Å². The molecular weight excluding hydrogens is 905 g/mol. The van der Waals surface area contributed by atoms with Gasteiger partial charge in [0.1, 0.15) is 48.0 Å². The Balaban J connectivity index is 1.79. The number of rotatable bonds is 27. The lowest BCUT2D eigenvalue weighted by atomic mass is 9.99. The Morgan fingerprint density at radius 2 is 1.07 bits per heavy atom. The van der Waals surface area contributed by atoms with Gasteiger partial charge in [-0.15, -0.1) is 0 Å². The summed E-state index contributed by atoms with van der Waals surface area (Å²) in [7, 11) is 0. The molecule has 8 atom stereocenters. The minimum atomic E-state index is -1.69. The number of aliphatic carboxylic acids is 2. The van der Waals surface area contributed by atoms with E-state index >= 15 is 0 Å². The molecule has 2 aliphatic heterocycles. The third-order valence-electron chi connectivity index (χ3n) is 11.7. The normalized spacial score (nSPS) is 18.2. The van der Waals surface area contributed by atoms with Crippen molar-refractivity contribution in [2.24, 2.45) is 29.0 Å². The number of primary amides is 2. The summed E-state index contributed by atoms with van der Waals surface area (Å²) in [6.07, 6.45) is -1.07. The van der Waals surface area contributed by atoms with Crippen LogP contribution in [0.25, 0.3) is 0 Å². The summed E-state index contributed by atoms with van der Waals surface area (Å²) in [5, 5.41) is 40.6. The van der Waals surface area contributed by atoms with Crippen molar-refractivity contribution in [3.8, 4) is 5.75 Å². The molecule has 0 aromatic heterocycles. The van der Waals surface area contributed by atoms with Crippen molar-refractivity contribution in [2.45, 2.75) is 153 Å². The molecule has 14 N–H and O–H groups in total. The maximum Gasteiger partial charge on any atom is 0.326 e. The molecule has 2 heterocycles. The van der Waals surface area contributed by atoms with Gasteiger partial charge >= 0.3 is 11.9 Å². The Kier molecular flexibility index (Phi) is 21.8. The van der Waals surface area contributed by atoms with E-state index in [4.69, 9.17) is 22.3 Å². The van der Waals surface area contributed by atoms with E-state index in [0.717, 1.165) is 0 Å². The molecular formula is C45H68N10O14. The molecule has 0 saturated carbocycles. The van der Waals surface area contributed by atoms with Crippen molar-refractivity contribution in [1.82, 2.24) is 36.4 Å². The number of hydrogen-bond acceptors (Lipinski definition) is 13. The topological polar surface area (TPSA) is 393 Å². The number of carboxylic acid groups (broad SMARTS) is 2. The smallest absolute Gasteiger partial charge is 0.326 e. The monoisotopic (exact) mass is 972 g/mol. The Morgan fingerprint density at radius 3 is 1.58 bits per heavy atom. The molecule has 24 heteroatoms. The number of phenols is 1. The Bertz CT molecular complexity index is 2050. The number of likely N-dealkylation sites (tertiary alicyclic amines) is 2. The molecule has 3 rings (SSSR count). The van der Waals surface area contributed by atoms with Gasteiger partial charge in [0.2, 0.25) is 53.2 Å². The van der Waals surface area contributed by atoms with Gasteiger partial charge in [0.25, 0.3) is 0 Å². The van der Waals surface area contributed by atoms with Crippen molar-refractivity contribution in [3.63, 3.8) is 0 Å². The molecule has 9 amide bonds. The number of hydrogen-bond donors (Lipinski definition) is 11. The van der Waals surface area contributed by atoms with Gasteiger partial charge < -0.3 is 68.9 Å². The zero-order valence-electron chi connectivity index (χ0n) is 39.4. The average Bonchev–Trinajstić information content (AvgIpc) is 3.96. The molecule has 0 unspecified atom stereocenters. The van der Waals surface area contributed by atoms with E-state index in [9.17, 15) is 63.0 Å². The van der Waals surface area contributed by atoms with Crippen molar-refractivity contribution in [2.75, 3.05) is 13.1 Å². The standard InChI is InChI=1S/C45H68N10O14/c1-23(2)19-30(51-38(61)28(13-15-35(47)57)49-41(64)33-7-5-17-54(33)43(66)27(46)21-25-9-11-26(56)12-10-25)39(62)53-32(20-24(3)4)44(67)55-18-6-8-34(55)42(65)52-31(22-36(48)58)40(63)50-29(45(68)69)14-16-37(59)60/h9-12,23-24,27-34,56H,5-8,13-22,46H2,1-4H3,(H2,47,57)(H2,48,58)(H,49,64)(H,50,63)(H,51,61)(H,52,65)(H,53,62)(H,59,60)(H,68,69)/t27-,28-,29-,30-,31-,32-,33-,34-/m0/s1. The fraction of sp³-hybridized carbons (Fsp3) is 0.622. The SMILES string of the molecule is CC(C)C[C@H](NC(=O)[C@H](CCC(N)=O)NC(=O)[C@@H]1CCCN1C(=O)[C@@H](N)Cc1ccc(O)cc1)C(=O)N[C@@H](CC(C)C)C(=O)N1CCC[C@H]1C(=O)N[C@@H](CC(N)=O)C(=O)N[C@@H](CCC(=O)O)C(=O)O. The number of nitrogens with two attached hydrogens (primary N) is 3. The second-order valence-electron chi connectivity index (χ2n) is 18.4. The van der Waals surface area contributed by atoms with Crippen LogP contribution in [0.5, 0.6) is 5.75 Å². The highest BCUT2D eigenvalue weighted by molar-refractivity contribution is 5.99. The summed E-state index contributed by atoms with van der Waals surface area (Å²) in [4.78, 5) is 146. The predicted octanol–water partition coefficient (Wildman–Crippen LogP) is -2.15. The third-order valence-corrected chi connectivity index (χ3v) is 11.7. The number of aromatic hydroxyl groups is 1. The number of benzene rings is 1. The van der Waals surface area contributed by atoms with Crippen LogP contribution in [-0.4, -0.2) is 152 Å². The van der Waals surface area contributed by atoms with Gasteiger partial charge in [0.15, 0.2) is 0 Å². The van der Waals surface area contributed by atoms with Gasteiger partial charge in [-0.05, 0) is 87.3 Å². The maximum absolute atomic E-state index is 14.3. The molecule has 69 heavy (non-hydrogen) atoms. The number of carbonyl (C=O) groups excluding carboxylic acids is 9. The Hall–Kier alpha value is -6.85. The molecule has 2 fully saturated rings. The lowest BCUT2D eigenvalue weighted by Gasteiger charge is -2.32. The Labute approximate surface area is 399 Å². The van der Waals surface area contributed by atoms with Crippen molar-refractivity contribution in [1.29, 1.82) is 0 Å². The number of nitrogens with one attached hydrogen (secondary N) is 5.